The van der Waals surface area contributed by atoms with Crippen LogP contribution in [-0.2, 0) is 4.79 Å². The molecule has 1 saturated heterocycles. The van der Waals surface area contributed by atoms with Crippen LogP contribution < -0.4 is 10.6 Å². The standard InChI is InChI=1S/C17H27N3O/c1-14-7-6-8-16(15(14)2)19-17(21)13-18-9-12-20-10-4-3-5-11-20/h6-8,18H,3-5,9-13H2,1-2H3,(H,19,21). The fourth-order valence-electron chi connectivity index (χ4n) is 2.70. The quantitative estimate of drug-likeness (QED) is 0.790. The summed E-state index contributed by atoms with van der Waals surface area (Å²) >= 11 is 0. The van der Waals surface area contributed by atoms with E-state index < -0.39 is 0 Å². The Labute approximate surface area is 127 Å². The van der Waals surface area contributed by atoms with Gasteiger partial charge in [0.05, 0.1) is 6.54 Å². The fraction of sp³-hybridized carbons (Fsp3) is 0.588. The number of aryl methyl sites for hydroxylation is 1. The van der Waals surface area contributed by atoms with E-state index in [1.54, 1.807) is 0 Å². The lowest BCUT2D eigenvalue weighted by Crippen LogP contribution is -2.38. The first-order valence-electron chi connectivity index (χ1n) is 7.96. The highest BCUT2D eigenvalue weighted by Gasteiger charge is 2.09. The zero-order valence-electron chi connectivity index (χ0n) is 13.2. The molecule has 1 fully saturated rings. The topological polar surface area (TPSA) is 44.4 Å². The second-order valence-electron chi connectivity index (χ2n) is 5.87. The van der Waals surface area contributed by atoms with Crippen LogP contribution >= 0.6 is 0 Å². The van der Waals surface area contributed by atoms with Crippen LogP contribution in [0.15, 0.2) is 18.2 Å². The zero-order valence-corrected chi connectivity index (χ0v) is 13.2. The molecule has 4 nitrogen and oxygen atoms in total. The number of amides is 1. The van der Waals surface area contributed by atoms with E-state index in [1.165, 1.54) is 37.9 Å². The molecule has 0 aliphatic carbocycles. The summed E-state index contributed by atoms with van der Waals surface area (Å²) in [5.74, 6) is 0.0299. The van der Waals surface area contributed by atoms with Crippen LogP contribution in [0.5, 0.6) is 0 Å². The Morgan fingerprint density at radius 2 is 1.95 bits per heavy atom. The van der Waals surface area contributed by atoms with Crippen molar-refractivity contribution >= 4 is 11.6 Å². The van der Waals surface area contributed by atoms with Crippen LogP contribution in [-0.4, -0.2) is 43.5 Å². The summed E-state index contributed by atoms with van der Waals surface area (Å²) < 4.78 is 0. The van der Waals surface area contributed by atoms with Crippen molar-refractivity contribution in [2.75, 3.05) is 38.0 Å². The molecule has 4 heteroatoms. The van der Waals surface area contributed by atoms with Gasteiger partial charge in [-0.2, -0.15) is 0 Å². The second kappa shape index (κ2) is 8.15. The number of piperidine rings is 1. The van der Waals surface area contributed by atoms with Crippen molar-refractivity contribution in [1.82, 2.24) is 10.2 Å². The number of hydrogen-bond donors (Lipinski definition) is 2. The molecule has 0 radical (unpaired) electrons. The minimum absolute atomic E-state index is 0.0299. The predicted octanol–water partition coefficient (Wildman–Crippen LogP) is 2.32. The normalized spacial score (nSPS) is 15.9. The molecule has 0 bridgehead atoms. The Kier molecular flexibility index (Phi) is 6.21. The largest absolute Gasteiger partial charge is 0.325 e. The molecular weight excluding hydrogens is 262 g/mol. The maximum Gasteiger partial charge on any atom is 0.238 e. The van der Waals surface area contributed by atoms with Crippen LogP contribution in [0.4, 0.5) is 5.69 Å². The number of anilines is 1. The molecule has 1 aliphatic rings. The van der Waals surface area contributed by atoms with Crippen LogP contribution in [0.3, 0.4) is 0 Å². The Bertz CT molecular complexity index is 467. The van der Waals surface area contributed by atoms with Gasteiger partial charge < -0.3 is 15.5 Å². The van der Waals surface area contributed by atoms with E-state index in [1.807, 2.05) is 19.1 Å². The van der Waals surface area contributed by atoms with Gasteiger partial charge in [-0.3, -0.25) is 4.79 Å². The molecule has 0 spiro atoms. The molecule has 1 aromatic rings. The molecular formula is C17H27N3O. The Morgan fingerprint density at radius 1 is 1.19 bits per heavy atom. The maximum absolute atomic E-state index is 11.9. The summed E-state index contributed by atoms with van der Waals surface area (Å²) in [5.41, 5.74) is 3.25. The predicted molar refractivity (Wildman–Crippen MR) is 87.7 cm³/mol. The first-order chi connectivity index (χ1) is 10.2. The third-order valence-electron chi connectivity index (χ3n) is 4.22. The average molecular weight is 289 g/mol. The average Bonchev–Trinajstić information content (AvgIpc) is 2.49. The summed E-state index contributed by atoms with van der Waals surface area (Å²) in [6.07, 6.45) is 3.99. The van der Waals surface area contributed by atoms with Crippen LogP contribution in [0, 0.1) is 13.8 Å². The van der Waals surface area contributed by atoms with Crippen molar-refractivity contribution in [2.24, 2.45) is 0 Å². The number of nitrogens with one attached hydrogen (secondary N) is 2. The fourth-order valence-corrected chi connectivity index (χ4v) is 2.70. The molecule has 0 aromatic heterocycles. The van der Waals surface area contributed by atoms with Gasteiger partial charge in [-0.25, -0.2) is 0 Å². The van der Waals surface area contributed by atoms with E-state index in [9.17, 15) is 4.79 Å². The minimum Gasteiger partial charge on any atom is -0.325 e. The van der Waals surface area contributed by atoms with Crippen molar-refractivity contribution in [2.45, 2.75) is 33.1 Å². The van der Waals surface area contributed by atoms with Gasteiger partial charge in [0.15, 0.2) is 0 Å². The molecule has 0 atom stereocenters. The first kappa shape index (κ1) is 16.0. The molecule has 2 N–H and O–H groups in total. The highest BCUT2D eigenvalue weighted by atomic mass is 16.1. The smallest absolute Gasteiger partial charge is 0.238 e. The van der Waals surface area contributed by atoms with Crippen LogP contribution in [0.25, 0.3) is 0 Å². The van der Waals surface area contributed by atoms with Crippen molar-refractivity contribution < 1.29 is 4.79 Å². The molecule has 1 heterocycles. The maximum atomic E-state index is 11.9. The van der Waals surface area contributed by atoms with Gasteiger partial charge in [-0.05, 0) is 57.0 Å². The zero-order chi connectivity index (χ0) is 15.1. The van der Waals surface area contributed by atoms with Crippen molar-refractivity contribution in [3.8, 4) is 0 Å². The third kappa shape index (κ3) is 5.14. The number of hydrogen-bond acceptors (Lipinski definition) is 3. The number of carbonyl (C=O) groups excluding carboxylic acids is 1. The summed E-state index contributed by atoms with van der Waals surface area (Å²) in [6.45, 7) is 8.79. The Morgan fingerprint density at radius 3 is 2.71 bits per heavy atom. The molecule has 116 valence electrons. The van der Waals surface area contributed by atoms with Gasteiger partial charge in [0.25, 0.3) is 0 Å². The van der Waals surface area contributed by atoms with Crippen molar-refractivity contribution in [3.05, 3.63) is 29.3 Å². The van der Waals surface area contributed by atoms with E-state index in [2.05, 4.69) is 28.5 Å². The highest BCUT2D eigenvalue weighted by molar-refractivity contribution is 5.93. The van der Waals surface area contributed by atoms with Crippen molar-refractivity contribution in [3.63, 3.8) is 0 Å². The molecule has 1 aliphatic heterocycles. The summed E-state index contributed by atoms with van der Waals surface area (Å²) in [6, 6.07) is 5.98. The van der Waals surface area contributed by atoms with Crippen LogP contribution in [0.2, 0.25) is 0 Å². The van der Waals surface area contributed by atoms with Crippen molar-refractivity contribution in [1.29, 1.82) is 0 Å². The number of likely N-dealkylation sites (tertiary alicyclic amines) is 1. The van der Waals surface area contributed by atoms with Gasteiger partial charge in [0.1, 0.15) is 0 Å². The second-order valence-corrected chi connectivity index (χ2v) is 5.87. The van der Waals surface area contributed by atoms with E-state index in [0.29, 0.717) is 6.54 Å². The van der Waals surface area contributed by atoms with Gasteiger partial charge in [0.2, 0.25) is 5.91 Å². The molecule has 21 heavy (non-hydrogen) atoms. The van der Waals surface area contributed by atoms with E-state index >= 15 is 0 Å². The van der Waals surface area contributed by atoms with Gasteiger partial charge in [0, 0.05) is 18.8 Å². The summed E-state index contributed by atoms with van der Waals surface area (Å²) in [5, 5.41) is 6.21. The summed E-state index contributed by atoms with van der Waals surface area (Å²) in [4.78, 5) is 14.4. The molecule has 1 aromatic carbocycles. The molecule has 0 saturated carbocycles. The lowest BCUT2D eigenvalue weighted by atomic mass is 10.1. The SMILES string of the molecule is Cc1cccc(NC(=O)CNCCN2CCCCC2)c1C. The first-order valence-corrected chi connectivity index (χ1v) is 7.96. The number of rotatable bonds is 6. The number of nitrogens with zero attached hydrogens (tertiary/aromatic N) is 1. The Balaban J connectivity index is 1.66. The van der Waals surface area contributed by atoms with Gasteiger partial charge >= 0.3 is 0 Å². The number of benzene rings is 1. The molecule has 1 amide bonds. The lowest BCUT2D eigenvalue weighted by Gasteiger charge is -2.26. The monoisotopic (exact) mass is 289 g/mol. The number of carbonyl (C=O) groups is 1. The van der Waals surface area contributed by atoms with Gasteiger partial charge in [-0.1, -0.05) is 18.6 Å². The lowest BCUT2D eigenvalue weighted by molar-refractivity contribution is -0.115. The molecule has 0 unspecified atom stereocenters. The van der Waals surface area contributed by atoms with Gasteiger partial charge in [-0.15, -0.1) is 0 Å². The summed E-state index contributed by atoms with van der Waals surface area (Å²) in [7, 11) is 0. The van der Waals surface area contributed by atoms with E-state index in [-0.39, 0.29) is 5.91 Å². The van der Waals surface area contributed by atoms with E-state index in [0.717, 1.165) is 24.3 Å². The molecule has 2 rings (SSSR count). The van der Waals surface area contributed by atoms with E-state index in [4.69, 9.17) is 0 Å². The highest BCUT2D eigenvalue weighted by Crippen LogP contribution is 2.17. The van der Waals surface area contributed by atoms with Crippen LogP contribution in [0.1, 0.15) is 30.4 Å². The minimum atomic E-state index is 0.0299. The Hall–Kier alpha value is -1.39. The third-order valence-corrected chi connectivity index (χ3v) is 4.22.